The Morgan fingerprint density at radius 2 is 0.935 bits per heavy atom. The van der Waals surface area contributed by atoms with Crippen molar-refractivity contribution in [2.24, 2.45) is 0 Å². The van der Waals surface area contributed by atoms with Crippen LogP contribution in [0.15, 0.2) is 114 Å². The lowest BCUT2D eigenvalue weighted by Crippen LogP contribution is -1.87. The summed E-state index contributed by atoms with van der Waals surface area (Å²) >= 11 is 0. The summed E-state index contributed by atoms with van der Waals surface area (Å²) in [6.45, 7) is 0. The van der Waals surface area contributed by atoms with Crippen molar-refractivity contribution in [3.05, 3.63) is 109 Å². The van der Waals surface area contributed by atoms with E-state index in [-0.39, 0.29) is 0 Å². The van der Waals surface area contributed by atoms with E-state index < -0.39 is 0 Å². The van der Waals surface area contributed by atoms with Gasteiger partial charge in [-0.3, -0.25) is 0 Å². The molecular weight excluding hydrogens is 376 g/mol. The minimum Gasteiger partial charge on any atom is -0.456 e. The summed E-state index contributed by atoms with van der Waals surface area (Å²) in [5, 5.41) is 10.1. The van der Waals surface area contributed by atoms with Crippen molar-refractivity contribution in [3.8, 4) is 11.1 Å². The van der Waals surface area contributed by atoms with Gasteiger partial charge in [0.25, 0.3) is 0 Å². The summed E-state index contributed by atoms with van der Waals surface area (Å²) in [6, 6.07) is 38.9. The van der Waals surface area contributed by atoms with E-state index in [9.17, 15) is 0 Å². The Morgan fingerprint density at radius 1 is 0.387 bits per heavy atom. The van der Waals surface area contributed by atoms with Crippen LogP contribution in [0, 0.1) is 0 Å². The monoisotopic (exact) mass is 394 g/mol. The second-order valence-corrected chi connectivity index (χ2v) is 8.13. The fraction of sp³-hybridized carbons (Fsp3) is 0. The topological polar surface area (TPSA) is 13.1 Å². The maximum absolute atomic E-state index is 6.18. The first-order valence-electron chi connectivity index (χ1n) is 10.6. The SMILES string of the molecule is c1ccc2c(c1)oc1cc(-c3cccc4c5ccccc5c5ccccc5c34)ccc12. The molecule has 1 aromatic heterocycles. The first-order valence-corrected chi connectivity index (χ1v) is 10.6. The molecule has 0 saturated carbocycles. The van der Waals surface area contributed by atoms with Crippen LogP contribution >= 0.6 is 0 Å². The third-order valence-corrected chi connectivity index (χ3v) is 6.46. The predicted octanol–water partition coefficient (Wildman–Crippen LogP) is 8.71. The Bertz CT molecular complexity index is 1740. The molecule has 0 saturated heterocycles. The van der Waals surface area contributed by atoms with Crippen molar-refractivity contribution in [2.75, 3.05) is 0 Å². The Balaban J connectivity index is 1.62. The quantitative estimate of drug-likeness (QED) is 0.254. The molecule has 1 heteroatoms. The van der Waals surface area contributed by atoms with Gasteiger partial charge in [0.15, 0.2) is 0 Å². The van der Waals surface area contributed by atoms with Crippen molar-refractivity contribution < 1.29 is 4.42 Å². The first kappa shape index (κ1) is 16.7. The van der Waals surface area contributed by atoms with Crippen LogP contribution in [0.4, 0.5) is 0 Å². The van der Waals surface area contributed by atoms with Gasteiger partial charge >= 0.3 is 0 Å². The lowest BCUT2D eigenvalue weighted by atomic mass is 9.89. The fourth-order valence-corrected chi connectivity index (χ4v) is 5.09. The van der Waals surface area contributed by atoms with Gasteiger partial charge in [0.2, 0.25) is 0 Å². The van der Waals surface area contributed by atoms with Gasteiger partial charge in [0, 0.05) is 10.8 Å². The van der Waals surface area contributed by atoms with Gasteiger partial charge in [-0.05, 0) is 61.6 Å². The van der Waals surface area contributed by atoms with Crippen molar-refractivity contribution in [1.82, 2.24) is 0 Å². The molecule has 144 valence electrons. The van der Waals surface area contributed by atoms with Crippen LogP contribution < -0.4 is 0 Å². The molecular formula is C30H18O. The third kappa shape index (κ3) is 2.32. The van der Waals surface area contributed by atoms with Crippen LogP contribution in [0.2, 0.25) is 0 Å². The van der Waals surface area contributed by atoms with Crippen LogP contribution in [0.1, 0.15) is 0 Å². The van der Waals surface area contributed by atoms with Gasteiger partial charge < -0.3 is 4.42 Å². The van der Waals surface area contributed by atoms with E-state index in [1.54, 1.807) is 0 Å². The summed E-state index contributed by atoms with van der Waals surface area (Å²) in [4.78, 5) is 0. The van der Waals surface area contributed by atoms with Crippen LogP contribution in [-0.4, -0.2) is 0 Å². The molecule has 1 heterocycles. The van der Waals surface area contributed by atoms with Crippen LogP contribution in [0.3, 0.4) is 0 Å². The molecule has 0 aliphatic heterocycles. The Labute approximate surface area is 179 Å². The average molecular weight is 394 g/mol. The Hall–Kier alpha value is -4.10. The molecule has 1 nitrogen and oxygen atoms in total. The average Bonchev–Trinajstić information content (AvgIpc) is 3.22. The predicted molar refractivity (Wildman–Crippen MR) is 132 cm³/mol. The minimum atomic E-state index is 0.931. The van der Waals surface area contributed by atoms with E-state index in [2.05, 4.69) is 97.1 Å². The van der Waals surface area contributed by atoms with Crippen LogP contribution in [0.5, 0.6) is 0 Å². The number of fused-ring (bicyclic) bond motifs is 9. The standard InChI is InChI=1S/C30H18O/c1-2-9-23-21(8-1)22-10-3-4-12-26(22)30-20(13-7-14-27(23)30)19-16-17-25-24-11-5-6-15-28(24)31-29(25)18-19/h1-18H. The zero-order valence-electron chi connectivity index (χ0n) is 16.8. The minimum absolute atomic E-state index is 0.931. The second kappa shape index (κ2) is 6.20. The molecule has 0 bridgehead atoms. The number of hydrogen-bond acceptors (Lipinski definition) is 1. The largest absolute Gasteiger partial charge is 0.456 e. The van der Waals surface area contributed by atoms with E-state index >= 15 is 0 Å². The lowest BCUT2D eigenvalue weighted by Gasteiger charge is -2.14. The zero-order valence-corrected chi connectivity index (χ0v) is 16.8. The van der Waals surface area contributed by atoms with Gasteiger partial charge in [0.1, 0.15) is 11.2 Å². The zero-order chi connectivity index (χ0) is 20.4. The van der Waals surface area contributed by atoms with Crippen molar-refractivity contribution >= 4 is 54.3 Å². The smallest absolute Gasteiger partial charge is 0.136 e. The number of para-hydroxylation sites is 1. The van der Waals surface area contributed by atoms with Gasteiger partial charge in [-0.15, -0.1) is 0 Å². The maximum Gasteiger partial charge on any atom is 0.136 e. The highest BCUT2D eigenvalue weighted by atomic mass is 16.3. The normalized spacial score (nSPS) is 11.9. The summed E-state index contributed by atoms with van der Waals surface area (Å²) in [5.41, 5.74) is 4.28. The Kier molecular flexibility index (Phi) is 3.33. The molecule has 6 aromatic carbocycles. The Morgan fingerprint density at radius 3 is 1.68 bits per heavy atom. The van der Waals surface area contributed by atoms with Crippen molar-refractivity contribution in [2.45, 2.75) is 0 Å². The molecule has 0 radical (unpaired) electrons. The van der Waals surface area contributed by atoms with Gasteiger partial charge in [-0.1, -0.05) is 91.0 Å². The summed E-state index contributed by atoms with van der Waals surface area (Å²) in [7, 11) is 0. The van der Waals surface area contributed by atoms with Crippen LogP contribution in [-0.2, 0) is 0 Å². The maximum atomic E-state index is 6.18. The van der Waals surface area contributed by atoms with E-state index in [1.165, 1.54) is 48.8 Å². The van der Waals surface area contributed by atoms with Gasteiger partial charge in [-0.25, -0.2) is 0 Å². The summed E-state index contributed by atoms with van der Waals surface area (Å²) in [5.74, 6) is 0. The first-order chi connectivity index (χ1) is 15.4. The lowest BCUT2D eigenvalue weighted by molar-refractivity contribution is 0.669. The number of benzene rings is 6. The van der Waals surface area contributed by atoms with Gasteiger partial charge in [-0.2, -0.15) is 0 Å². The number of hydrogen-bond donors (Lipinski definition) is 0. The molecule has 0 atom stereocenters. The molecule has 0 unspecified atom stereocenters. The molecule has 0 fully saturated rings. The van der Waals surface area contributed by atoms with E-state index in [0.29, 0.717) is 0 Å². The van der Waals surface area contributed by atoms with E-state index in [4.69, 9.17) is 4.42 Å². The van der Waals surface area contributed by atoms with Crippen molar-refractivity contribution in [1.29, 1.82) is 0 Å². The number of rotatable bonds is 1. The van der Waals surface area contributed by atoms with Crippen LogP contribution in [0.25, 0.3) is 65.4 Å². The molecule has 0 spiro atoms. The molecule has 7 aromatic rings. The second-order valence-electron chi connectivity index (χ2n) is 8.13. The molecule has 7 rings (SSSR count). The molecule has 0 aliphatic carbocycles. The summed E-state index contributed by atoms with van der Waals surface area (Å²) < 4.78 is 6.18. The highest BCUT2D eigenvalue weighted by Gasteiger charge is 2.14. The van der Waals surface area contributed by atoms with Gasteiger partial charge in [0.05, 0.1) is 0 Å². The molecule has 0 amide bonds. The third-order valence-electron chi connectivity index (χ3n) is 6.46. The summed E-state index contributed by atoms with van der Waals surface area (Å²) in [6.07, 6.45) is 0. The number of furan rings is 1. The molecule has 0 N–H and O–H groups in total. The van der Waals surface area contributed by atoms with Crippen molar-refractivity contribution in [3.63, 3.8) is 0 Å². The highest BCUT2D eigenvalue weighted by molar-refractivity contribution is 6.28. The van der Waals surface area contributed by atoms with E-state index in [0.717, 1.165) is 16.6 Å². The fourth-order valence-electron chi connectivity index (χ4n) is 5.09. The molecule has 31 heavy (non-hydrogen) atoms. The highest BCUT2D eigenvalue weighted by Crippen LogP contribution is 2.41. The van der Waals surface area contributed by atoms with E-state index in [1.807, 2.05) is 12.1 Å². The molecule has 0 aliphatic rings.